The van der Waals surface area contributed by atoms with Gasteiger partial charge in [-0.05, 0) is 81.3 Å². The van der Waals surface area contributed by atoms with Crippen molar-refractivity contribution in [2.24, 2.45) is 0 Å². The van der Waals surface area contributed by atoms with E-state index >= 15 is 0 Å². The second-order valence-electron chi connectivity index (χ2n) is 7.51. The highest BCUT2D eigenvalue weighted by atomic mass is 32.2. The summed E-state index contributed by atoms with van der Waals surface area (Å²) in [5.41, 5.74) is 4.39. The van der Waals surface area contributed by atoms with Crippen molar-refractivity contribution in [2.75, 3.05) is 10.0 Å². The minimum Gasteiger partial charge on any atom is -0.325 e. The summed E-state index contributed by atoms with van der Waals surface area (Å²) in [4.78, 5) is 13.7. The number of anilines is 2. The second kappa shape index (κ2) is 9.58. The van der Waals surface area contributed by atoms with Crippen molar-refractivity contribution >= 4 is 39.1 Å². The van der Waals surface area contributed by atoms with Gasteiger partial charge in [-0.15, -0.1) is 11.8 Å². The van der Waals surface area contributed by atoms with Gasteiger partial charge in [0.1, 0.15) is 0 Å². The minimum absolute atomic E-state index is 0.0807. The highest BCUT2D eigenvalue weighted by Crippen LogP contribution is 2.27. The van der Waals surface area contributed by atoms with Crippen LogP contribution in [0.4, 0.5) is 11.4 Å². The normalized spacial score (nSPS) is 12.3. The fourth-order valence-electron chi connectivity index (χ4n) is 2.90. The Kier molecular flexibility index (Phi) is 7.08. The summed E-state index contributed by atoms with van der Waals surface area (Å²) in [5.74, 6) is -0.0807. The molecule has 3 rings (SSSR count). The molecule has 0 spiro atoms. The predicted molar refractivity (Wildman–Crippen MR) is 128 cm³/mol. The minimum atomic E-state index is -3.64. The molecule has 0 saturated carbocycles. The molecular formula is C24H26N2O3S2. The van der Waals surface area contributed by atoms with E-state index < -0.39 is 10.0 Å². The largest absolute Gasteiger partial charge is 0.325 e. The Morgan fingerprint density at radius 2 is 1.48 bits per heavy atom. The van der Waals surface area contributed by atoms with Gasteiger partial charge in [0.25, 0.3) is 10.0 Å². The van der Waals surface area contributed by atoms with E-state index in [4.69, 9.17) is 0 Å². The summed E-state index contributed by atoms with van der Waals surface area (Å²) < 4.78 is 27.6. The van der Waals surface area contributed by atoms with E-state index in [0.717, 1.165) is 27.3 Å². The molecular weight excluding hydrogens is 428 g/mol. The van der Waals surface area contributed by atoms with Gasteiger partial charge in [-0.2, -0.15) is 0 Å². The molecule has 3 aromatic rings. The quantitative estimate of drug-likeness (QED) is 0.460. The number of benzene rings is 3. The van der Waals surface area contributed by atoms with Gasteiger partial charge in [-0.25, -0.2) is 8.42 Å². The first kappa shape index (κ1) is 22.9. The second-order valence-corrected chi connectivity index (χ2v) is 10.6. The summed E-state index contributed by atoms with van der Waals surface area (Å²) >= 11 is 1.42. The monoisotopic (exact) mass is 454 g/mol. The first-order chi connectivity index (χ1) is 14.6. The van der Waals surface area contributed by atoms with Crippen molar-refractivity contribution in [3.05, 3.63) is 83.4 Å². The van der Waals surface area contributed by atoms with Gasteiger partial charge >= 0.3 is 0 Å². The van der Waals surface area contributed by atoms with Crippen LogP contribution in [0.15, 0.2) is 76.5 Å². The van der Waals surface area contributed by atoms with Gasteiger partial charge in [0.15, 0.2) is 0 Å². The van der Waals surface area contributed by atoms with Crippen LogP contribution in [0.3, 0.4) is 0 Å². The molecule has 2 N–H and O–H groups in total. The lowest BCUT2D eigenvalue weighted by Gasteiger charge is -2.14. The van der Waals surface area contributed by atoms with Gasteiger partial charge in [-0.1, -0.05) is 29.8 Å². The van der Waals surface area contributed by atoms with Crippen LogP contribution < -0.4 is 10.0 Å². The van der Waals surface area contributed by atoms with Crippen LogP contribution in [-0.4, -0.2) is 19.6 Å². The van der Waals surface area contributed by atoms with E-state index in [1.54, 1.807) is 48.5 Å². The van der Waals surface area contributed by atoms with Crippen LogP contribution in [0.5, 0.6) is 0 Å². The molecule has 7 heteroatoms. The van der Waals surface area contributed by atoms with Gasteiger partial charge < -0.3 is 5.32 Å². The van der Waals surface area contributed by atoms with E-state index in [9.17, 15) is 13.2 Å². The maximum absolute atomic E-state index is 12.6. The zero-order chi connectivity index (χ0) is 22.6. The molecule has 0 saturated heterocycles. The Morgan fingerprint density at radius 3 is 2.13 bits per heavy atom. The Hall–Kier alpha value is -2.77. The SMILES string of the molecule is Cc1ccc(S(=O)(=O)Nc2ccc(SC(C)C(=O)Nc3cc(C)ccc3C)cc2)cc1. The van der Waals surface area contributed by atoms with Gasteiger partial charge in [0.2, 0.25) is 5.91 Å². The van der Waals surface area contributed by atoms with Crippen molar-refractivity contribution in [3.63, 3.8) is 0 Å². The van der Waals surface area contributed by atoms with Crippen LogP contribution in [-0.2, 0) is 14.8 Å². The van der Waals surface area contributed by atoms with Crippen LogP contribution >= 0.6 is 11.8 Å². The molecule has 0 radical (unpaired) electrons. The highest BCUT2D eigenvalue weighted by Gasteiger charge is 2.17. The lowest BCUT2D eigenvalue weighted by molar-refractivity contribution is -0.115. The maximum Gasteiger partial charge on any atom is 0.261 e. The van der Waals surface area contributed by atoms with Crippen LogP contribution in [0.1, 0.15) is 23.6 Å². The molecule has 31 heavy (non-hydrogen) atoms. The van der Waals surface area contributed by atoms with Crippen molar-refractivity contribution < 1.29 is 13.2 Å². The molecule has 0 aromatic heterocycles. The zero-order valence-electron chi connectivity index (χ0n) is 18.0. The molecule has 162 valence electrons. The maximum atomic E-state index is 12.6. The number of nitrogens with one attached hydrogen (secondary N) is 2. The molecule has 3 aromatic carbocycles. The smallest absolute Gasteiger partial charge is 0.261 e. The Morgan fingerprint density at radius 1 is 0.871 bits per heavy atom. The molecule has 0 fully saturated rings. The zero-order valence-corrected chi connectivity index (χ0v) is 19.6. The molecule has 0 aliphatic rings. The lowest BCUT2D eigenvalue weighted by atomic mass is 10.1. The average Bonchev–Trinajstić information content (AvgIpc) is 2.72. The van der Waals surface area contributed by atoms with Crippen LogP contribution in [0, 0.1) is 20.8 Å². The molecule has 1 unspecified atom stereocenters. The molecule has 1 atom stereocenters. The number of aryl methyl sites for hydroxylation is 3. The molecule has 0 aliphatic heterocycles. The van der Waals surface area contributed by atoms with Crippen molar-refractivity contribution in [1.82, 2.24) is 0 Å². The average molecular weight is 455 g/mol. The summed E-state index contributed by atoms with van der Waals surface area (Å²) in [5, 5.41) is 2.67. The molecule has 0 aliphatic carbocycles. The molecule has 0 heterocycles. The number of hydrogen-bond acceptors (Lipinski definition) is 4. The fourth-order valence-corrected chi connectivity index (χ4v) is 4.82. The van der Waals surface area contributed by atoms with Crippen molar-refractivity contribution in [1.29, 1.82) is 0 Å². The number of amides is 1. The Balaban J connectivity index is 1.62. The van der Waals surface area contributed by atoms with Crippen LogP contribution in [0.2, 0.25) is 0 Å². The van der Waals surface area contributed by atoms with Crippen LogP contribution in [0.25, 0.3) is 0 Å². The summed E-state index contributed by atoms with van der Waals surface area (Å²) in [6, 6.07) is 19.6. The third kappa shape index (κ3) is 6.12. The van der Waals surface area contributed by atoms with Gasteiger partial charge in [0.05, 0.1) is 10.1 Å². The molecule has 1 amide bonds. The predicted octanol–water partition coefficient (Wildman–Crippen LogP) is 5.53. The van der Waals surface area contributed by atoms with E-state index in [0.29, 0.717) is 5.69 Å². The van der Waals surface area contributed by atoms with E-state index in [1.807, 2.05) is 45.9 Å². The molecule has 5 nitrogen and oxygen atoms in total. The van der Waals surface area contributed by atoms with Crippen molar-refractivity contribution in [3.8, 4) is 0 Å². The van der Waals surface area contributed by atoms with E-state index in [-0.39, 0.29) is 16.1 Å². The van der Waals surface area contributed by atoms with Crippen molar-refractivity contribution in [2.45, 2.75) is 42.7 Å². The first-order valence-corrected chi connectivity index (χ1v) is 12.2. The Labute approximate surface area is 188 Å². The number of carbonyl (C=O) groups excluding carboxylic acids is 1. The number of carbonyl (C=O) groups is 1. The topological polar surface area (TPSA) is 75.3 Å². The van der Waals surface area contributed by atoms with Gasteiger partial charge in [-0.3, -0.25) is 9.52 Å². The third-order valence-electron chi connectivity index (χ3n) is 4.77. The number of rotatable bonds is 7. The molecule has 0 bridgehead atoms. The standard InChI is InChI=1S/C24H26N2O3S2/c1-16-6-13-22(14-7-16)31(28,29)26-20-9-11-21(12-10-20)30-19(4)24(27)25-23-15-17(2)5-8-18(23)3/h5-15,19,26H,1-4H3,(H,25,27). The summed E-state index contributed by atoms with van der Waals surface area (Å²) in [7, 11) is -3.64. The third-order valence-corrected chi connectivity index (χ3v) is 7.28. The Bertz CT molecular complexity index is 1170. The first-order valence-electron chi connectivity index (χ1n) is 9.88. The number of thioether (sulfide) groups is 1. The van der Waals surface area contributed by atoms with E-state index in [2.05, 4.69) is 10.0 Å². The fraction of sp³-hybridized carbons (Fsp3) is 0.208. The summed E-state index contributed by atoms with van der Waals surface area (Å²) in [6.45, 7) is 7.70. The number of hydrogen-bond donors (Lipinski definition) is 2. The summed E-state index contributed by atoms with van der Waals surface area (Å²) in [6.07, 6.45) is 0. The number of sulfonamides is 1. The van der Waals surface area contributed by atoms with Gasteiger partial charge in [0, 0.05) is 16.3 Å². The lowest BCUT2D eigenvalue weighted by Crippen LogP contribution is -2.22. The highest BCUT2D eigenvalue weighted by molar-refractivity contribution is 8.00. The van der Waals surface area contributed by atoms with E-state index in [1.165, 1.54) is 11.8 Å².